The third-order valence-electron chi connectivity index (χ3n) is 2.67. The lowest BCUT2D eigenvalue weighted by Crippen LogP contribution is -2.18. The molecule has 1 rings (SSSR count). The highest BCUT2D eigenvalue weighted by atomic mass is 79.9. The van der Waals surface area contributed by atoms with E-state index in [1.54, 1.807) is 0 Å². The van der Waals surface area contributed by atoms with E-state index in [-0.39, 0.29) is 6.61 Å². The lowest BCUT2D eigenvalue weighted by atomic mass is 10.3. The zero-order valence-corrected chi connectivity index (χ0v) is 12.7. The van der Waals surface area contributed by atoms with Crippen molar-refractivity contribution in [2.24, 2.45) is 7.05 Å². The summed E-state index contributed by atoms with van der Waals surface area (Å²) in [6, 6.07) is 0. The molecule has 0 saturated heterocycles. The highest BCUT2D eigenvalue weighted by Gasteiger charge is 2.11. The van der Waals surface area contributed by atoms with Gasteiger partial charge in [-0.3, -0.25) is 4.68 Å². The summed E-state index contributed by atoms with van der Waals surface area (Å²) in [6.07, 6.45) is 1.87. The largest absolute Gasteiger partial charge is 0.394 e. The van der Waals surface area contributed by atoms with Gasteiger partial charge in [0.1, 0.15) is 0 Å². The number of aromatic nitrogens is 2. The quantitative estimate of drug-likeness (QED) is 0.672. The van der Waals surface area contributed by atoms with Crippen LogP contribution in [0.2, 0.25) is 0 Å². The van der Waals surface area contributed by atoms with Crippen LogP contribution < -0.4 is 5.32 Å². The molecule has 104 valence electrons. The molecule has 0 radical (unpaired) electrons. The minimum absolute atomic E-state index is 0.0924. The van der Waals surface area contributed by atoms with Gasteiger partial charge in [0.25, 0.3) is 0 Å². The molecule has 0 bridgehead atoms. The Morgan fingerprint density at radius 3 is 2.83 bits per heavy atom. The van der Waals surface area contributed by atoms with Gasteiger partial charge in [-0.2, -0.15) is 5.10 Å². The van der Waals surface area contributed by atoms with Crippen LogP contribution in [0.25, 0.3) is 0 Å². The topological polar surface area (TPSA) is 59.3 Å². The van der Waals surface area contributed by atoms with Gasteiger partial charge < -0.3 is 15.2 Å². The van der Waals surface area contributed by atoms with Crippen LogP contribution in [0.15, 0.2) is 4.47 Å². The van der Waals surface area contributed by atoms with E-state index in [1.165, 1.54) is 5.69 Å². The molecule has 1 aromatic heterocycles. The first-order valence-corrected chi connectivity index (χ1v) is 7.09. The molecule has 0 unspecified atom stereocenters. The maximum atomic E-state index is 8.55. The molecule has 1 aromatic rings. The second-order valence-corrected chi connectivity index (χ2v) is 4.84. The monoisotopic (exact) mass is 319 g/mol. The van der Waals surface area contributed by atoms with Crippen molar-refractivity contribution in [3.05, 3.63) is 15.9 Å². The molecule has 6 heteroatoms. The van der Waals surface area contributed by atoms with Crippen molar-refractivity contribution < 1.29 is 9.84 Å². The average Bonchev–Trinajstić information content (AvgIpc) is 2.64. The minimum atomic E-state index is 0.0924. The van der Waals surface area contributed by atoms with E-state index >= 15 is 0 Å². The van der Waals surface area contributed by atoms with Crippen LogP contribution in [0.3, 0.4) is 0 Å². The molecule has 0 aromatic carbocycles. The molecular formula is C12H22BrN3O2. The Kier molecular flexibility index (Phi) is 7.50. The zero-order chi connectivity index (χ0) is 13.4. The summed E-state index contributed by atoms with van der Waals surface area (Å²) in [5, 5.41) is 16.4. The maximum absolute atomic E-state index is 8.55. The predicted octanol–water partition coefficient (Wildman–Crippen LogP) is 1.23. The number of rotatable bonds is 9. The van der Waals surface area contributed by atoms with E-state index < -0.39 is 0 Å². The molecule has 0 fully saturated rings. The van der Waals surface area contributed by atoms with E-state index in [9.17, 15) is 0 Å². The first-order valence-electron chi connectivity index (χ1n) is 6.30. The summed E-state index contributed by atoms with van der Waals surface area (Å²) in [7, 11) is 1.96. The third kappa shape index (κ3) is 4.68. The molecule has 0 aliphatic rings. The van der Waals surface area contributed by atoms with Gasteiger partial charge in [0.2, 0.25) is 0 Å². The van der Waals surface area contributed by atoms with Gasteiger partial charge in [-0.05, 0) is 35.3 Å². The lowest BCUT2D eigenvalue weighted by molar-refractivity contribution is 0.0907. The average molecular weight is 320 g/mol. The van der Waals surface area contributed by atoms with Gasteiger partial charge >= 0.3 is 0 Å². The van der Waals surface area contributed by atoms with Crippen molar-refractivity contribution in [1.82, 2.24) is 15.1 Å². The van der Waals surface area contributed by atoms with Crippen molar-refractivity contribution in [3.8, 4) is 0 Å². The van der Waals surface area contributed by atoms with Crippen LogP contribution in [-0.2, 0) is 24.8 Å². The van der Waals surface area contributed by atoms with Crippen molar-refractivity contribution in [1.29, 1.82) is 0 Å². The first kappa shape index (κ1) is 15.6. The van der Waals surface area contributed by atoms with E-state index in [0.29, 0.717) is 13.2 Å². The van der Waals surface area contributed by atoms with Gasteiger partial charge in [-0.25, -0.2) is 0 Å². The molecule has 18 heavy (non-hydrogen) atoms. The summed E-state index contributed by atoms with van der Waals surface area (Å²) in [5.74, 6) is 0. The first-order chi connectivity index (χ1) is 8.70. The van der Waals surface area contributed by atoms with Crippen molar-refractivity contribution >= 4 is 15.9 Å². The summed E-state index contributed by atoms with van der Waals surface area (Å²) < 4.78 is 8.21. The SMILES string of the molecule is CCc1nn(C)c(CNCCCOCCO)c1Br. The fourth-order valence-corrected chi connectivity index (χ4v) is 2.44. The number of ether oxygens (including phenoxy) is 1. The predicted molar refractivity (Wildman–Crippen MR) is 74.5 cm³/mol. The smallest absolute Gasteiger partial charge is 0.0767 e. The van der Waals surface area contributed by atoms with E-state index in [1.807, 2.05) is 11.7 Å². The lowest BCUT2D eigenvalue weighted by Gasteiger charge is -2.06. The summed E-state index contributed by atoms with van der Waals surface area (Å²) in [6.45, 7) is 4.99. The van der Waals surface area contributed by atoms with Crippen LogP contribution in [0, 0.1) is 0 Å². The van der Waals surface area contributed by atoms with Crippen LogP contribution in [0.4, 0.5) is 0 Å². The number of aliphatic hydroxyl groups excluding tert-OH is 1. The van der Waals surface area contributed by atoms with Gasteiger partial charge in [0.05, 0.1) is 29.1 Å². The van der Waals surface area contributed by atoms with E-state index in [2.05, 4.69) is 33.3 Å². The van der Waals surface area contributed by atoms with Gasteiger partial charge in [0.15, 0.2) is 0 Å². The molecule has 0 atom stereocenters. The zero-order valence-electron chi connectivity index (χ0n) is 11.1. The summed E-state index contributed by atoms with van der Waals surface area (Å²) >= 11 is 3.59. The van der Waals surface area contributed by atoms with Crippen LogP contribution >= 0.6 is 15.9 Å². The van der Waals surface area contributed by atoms with Crippen molar-refractivity contribution in [2.45, 2.75) is 26.3 Å². The normalized spacial score (nSPS) is 11.1. The van der Waals surface area contributed by atoms with E-state index in [0.717, 1.165) is 36.1 Å². The number of aliphatic hydroxyl groups is 1. The second-order valence-electron chi connectivity index (χ2n) is 4.05. The number of hydrogen-bond acceptors (Lipinski definition) is 4. The molecule has 2 N–H and O–H groups in total. The number of nitrogens with one attached hydrogen (secondary N) is 1. The Labute approximate surface area is 117 Å². The number of halogens is 1. The maximum Gasteiger partial charge on any atom is 0.0767 e. The number of aryl methyl sites for hydroxylation is 2. The Morgan fingerprint density at radius 1 is 1.44 bits per heavy atom. The Morgan fingerprint density at radius 2 is 2.22 bits per heavy atom. The molecule has 5 nitrogen and oxygen atoms in total. The Balaban J connectivity index is 2.25. The van der Waals surface area contributed by atoms with Crippen molar-refractivity contribution in [2.75, 3.05) is 26.4 Å². The standard InChI is InChI=1S/C12H22BrN3O2/c1-3-10-12(13)11(16(2)15-10)9-14-5-4-7-18-8-6-17/h14,17H,3-9H2,1-2H3. The van der Waals surface area contributed by atoms with E-state index in [4.69, 9.17) is 9.84 Å². The Bertz CT molecular complexity index is 355. The highest BCUT2D eigenvalue weighted by molar-refractivity contribution is 9.10. The molecule has 0 aliphatic carbocycles. The van der Waals surface area contributed by atoms with Crippen molar-refractivity contribution in [3.63, 3.8) is 0 Å². The fourth-order valence-electron chi connectivity index (χ4n) is 1.68. The molecule has 0 amide bonds. The molecule has 0 spiro atoms. The Hall–Kier alpha value is -0.430. The van der Waals surface area contributed by atoms with Crippen LogP contribution in [0.1, 0.15) is 24.7 Å². The number of hydrogen-bond donors (Lipinski definition) is 2. The molecule has 0 aliphatic heterocycles. The molecular weight excluding hydrogens is 298 g/mol. The minimum Gasteiger partial charge on any atom is -0.394 e. The van der Waals surface area contributed by atoms with Crippen LogP contribution in [-0.4, -0.2) is 41.3 Å². The highest BCUT2D eigenvalue weighted by Crippen LogP contribution is 2.21. The molecule has 0 saturated carbocycles. The fraction of sp³-hybridized carbons (Fsp3) is 0.750. The summed E-state index contributed by atoms with van der Waals surface area (Å²) in [5.41, 5.74) is 2.27. The summed E-state index contributed by atoms with van der Waals surface area (Å²) in [4.78, 5) is 0. The van der Waals surface area contributed by atoms with Gasteiger partial charge in [-0.15, -0.1) is 0 Å². The molecule has 1 heterocycles. The third-order valence-corrected chi connectivity index (χ3v) is 3.59. The van der Waals surface area contributed by atoms with Crippen LogP contribution in [0.5, 0.6) is 0 Å². The van der Waals surface area contributed by atoms with Gasteiger partial charge in [-0.1, -0.05) is 6.92 Å². The van der Waals surface area contributed by atoms with Gasteiger partial charge in [0, 0.05) is 20.2 Å². The second kappa shape index (κ2) is 8.63. The number of nitrogens with zero attached hydrogens (tertiary/aromatic N) is 2.